The molecule has 0 unspecified atom stereocenters. The Morgan fingerprint density at radius 2 is 2.23 bits per heavy atom. The van der Waals surface area contributed by atoms with E-state index in [4.69, 9.17) is 4.74 Å². The first-order valence-corrected chi connectivity index (χ1v) is 7.32. The summed E-state index contributed by atoms with van der Waals surface area (Å²) in [5, 5.41) is 11.4. The van der Waals surface area contributed by atoms with E-state index >= 15 is 0 Å². The Morgan fingerprint density at radius 1 is 1.50 bits per heavy atom. The van der Waals surface area contributed by atoms with E-state index in [1.54, 1.807) is 23.4 Å². The highest BCUT2D eigenvalue weighted by atomic mass is 16.5. The molecule has 0 N–H and O–H groups in total. The van der Waals surface area contributed by atoms with Crippen LogP contribution in [0.25, 0.3) is 0 Å². The molecule has 1 aromatic rings. The second-order valence-corrected chi connectivity index (χ2v) is 6.14. The molecular weight excluding hydrogens is 284 g/mol. The highest BCUT2D eigenvalue weighted by molar-refractivity contribution is 5.90. The molecular formula is C16H15N2O4-. The highest BCUT2D eigenvalue weighted by Crippen LogP contribution is 2.52. The molecule has 1 amide bonds. The van der Waals surface area contributed by atoms with Gasteiger partial charge in [-0.3, -0.25) is 9.78 Å². The number of aliphatic carboxylic acids is 1. The minimum absolute atomic E-state index is 0.158. The number of amides is 1. The van der Waals surface area contributed by atoms with E-state index in [9.17, 15) is 14.7 Å². The van der Waals surface area contributed by atoms with Crippen LogP contribution in [0.1, 0.15) is 18.5 Å². The predicted octanol–water partition coefficient (Wildman–Crippen LogP) is -0.326. The van der Waals surface area contributed by atoms with E-state index in [-0.39, 0.29) is 11.9 Å². The molecule has 114 valence electrons. The van der Waals surface area contributed by atoms with Gasteiger partial charge in [0.05, 0.1) is 24.6 Å². The summed E-state index contributed by atoms with van der Waals surface area (Å²) in [4.78, 5) is 29.9. The Kier molecular flexibility index (Phi) is 2.69. The van der Waals surface area contributed by atoms with Gasteiger partial charge in [-0.25, -0.2) is 0 Å². The maximum atomic E-state index is 12.8. The molecule has 6 nitrogen and oxygen atoms in total. The maximum absolute atomic E-state index is 12.8. The number of hydrogen-bond donors (Lipinski definition) is 0. The summed E-state index contributed by atoms with van der Waals surface area (Å²) in [6, 6.07) is 3.55. The molecule has 3 aliphatic heterocycles. The van der Waals surface area contributed by atoms with Crippen molar-refractivity contribution in [3.63, 3.8) is 0 Å². The van der Waals surface area contributed by atoms with Crippen molar-refractivity contribution >= 4 is 11.9 Å². The molecule has 2 saturated heterocycles. The molecule has 0 aromatic carbocycles. The summed E-state index contributed by atoms with van der Waals surface area (Å²) >= 11 is 0. The number of carbonyl (C=O) groups excluding carboxylic acids is 2. The van der Waals surface area contributed by atoms with Gasteiger partial charge in [-0.2, -0.15) is 0 Å². The van der Waals surface area contributed by atoms with Gasteiger partial charge in [0.1, 0.15) is 5.60 Å². The number of fused-ring (bicyclic) bond motifs is 1. The number of pyridine rings is 1. The number of rotatable bonds is 3. The molecule has 2 fully saturated rings. The number of hydrogen-bond acceptors (Lipinski definition) is 5. The van der Waals surface area contributed by atoms with Crippen LogP contribution >= 0.6 is 0 Å². The van der Waals surface area contributed by atoms with E-state index in [1.807, 2.05) is 25.1 Å². The third kappa shape index (κ3) is 1.61. The second kappa shape index (κ2) is 4.39. The topological polar surface area (TPSA) is 82.6 Å². The SMILES string of the molecule is C[C@H](c1ccncc1)N1C[C@@]23C=C[C@H](O2)[C@H](C(=O)[O-])[C@@H]3C1=O. The van der Waals surface area contributed by atoms with Gasteiger partial charge in [-0.15, -0.1) is 0 Å². The summed E-state index contributed by atoms with van der Waals surface area (Å²) in [7, 11) is 0. The molecule has 1 spiro atoms. The van der Waals surface area contributed by atoms with E-state index in [1.165, 1.54) is 0 Å². The van der Waals surface area contributed by atoms with Crippen molar-refractivity contribution in [2.75, 3.05) is 6.54 Å². The Hall–Kier alpha value is -2.21. The van der Waals surface area contributed by atoms with Gasteiger partial charge >= 0.3 is 0 Å². The molecule has 5 atom stereocenters. The molecule has 2 bridgehead atoms. The first-order valence-electron chi connectivity index (χ1n) is 7.32. The van der Waals surface area contributed by atoms with Crippen molar-refractivity contribution in [2.24, 2.45) is 11.8 Å². The minimum atomic E-state index is -1.21. The Morgan fingerprint density at radius 3 is 2.91 bits per heavy atom. The normalized spacial score (nSPS) is 36.7. The lowest BCUT2D eigenvalue weighted by atomic mass is 9.77. The first-order chi connectivity index (χ1) is 10.5. The number of nitrogens with zero attached hydrogens (tertiary/aromatic N) is 2. The van der Waals surface area contributed by atoms with E-state index in [2.05, 4.69) is 4.98 Å². The molecule has 3 aliphatic rings. The van der Waals surface area contributed by atoms with Crippen LogP contribution in [0.4, 0.5) is 0 Å². The van der Waals surface area contributed by atoms with Gasteiger partial charge < -0.3 is 19.5 Å². The monoisotopic (exact) mass is 299 g/mol. The molecule has 22 heavy (non-hydrogen) atoms. The summed E-state index contributed by atoms with van der Waals surface area (Å²) in [5.41, 5.74) is 0.150. The highest BCUT2D eigenvalue weighted by Gasteiger charge is 2.65. The zero-order valence-corrected chi connectivity index (χ0v) is 12.0. The molecule has 0 radical (unpaired) electrons. The van der Waals surface area contributed by atoms with Crippen molar-refractivity contribution in [3.8, 4) is 0 Å². The van der Waals surface area contributed by atoms with Gasteiger partial charge in [0.15, 0.2) is 0 Å². The van der Waals surface area contributed by atoms with Crippen molar-refractivity contribution in [3.05, 3.63) is 42.2 Å². The van der Waals surface area contributed by atoms with Crippen molar-refractivity contribution < 1.29 is 19.4 Å². The predicted molar refractivity (Wildman–Crippen MR) is 73.1 cm³/mol. The van der Waals surface area contributed by atoms with Crippen LogP contribution in [-0.4, -0.2) is 40.0 Å². The van der Waals surface area contributed by atoms with Gasteiger partial charge in [0.25, 0.3) is 0 Å². The molecule has 0 saturated carbocycles. The molecule has 6 heteroatoms. The van der Waals surface area contributed by atoms with Crippen LogP contribution in [0.15, 0.2) is 36.7 Å². The van der Waals surface area contributed by atoms with E-state index in [0.717, 1.165) is 5.56 Å². The van der Waals surface area contributed by atoms with Crippen LogP contribution in [0, 0.1) is 11.8 Å². The van der Waals surface area contributed by atoms with Crippen LogP contribution in [0.3, 0.4) is 0 Å². The minimum Gasteiger partial charge on any atom is -0.550 e. The van der Waals surface area contributed by atoms with E-state index < -0.39 is 29.5 Å². The van der Waals surface area contributed by atoms with Crippen LogP contribution in [-0.2, 0) is 14.3 Å². The molecule has 4 rings (SSSR count). The lowest BCUT2D eigenvalue weighted by Crippen LogP contribution is -2.45. The lowest BCUT2D eigenvalue weighted by molar-refractivity contribution is -0.313. The maximum Gasteiger partial charge on any atom is 0.230 e. The lowest BCUT2D eigenvalue weighted by Gasteiger charge is -2.28. The van der Waals surface area contributed by atoms with Crippen LogP contribution in [0.2, 0.25) is 0 Å². The average Bonchev–Trinajstić information content (AvgIpc) is 3.15. The zero-order chi connectivity index (χ0) is 15.5. The fourth-order valence-corrected chi connectivity index (χ4v) is 3.95. The number of aromatic nitrogens is 1. The third-order valence-electron chi connectivity index (χ3n) is 5.06. The quantitative estimate of drug-likeness (QED) is 0.714. The fourth-order valence-electron chi connectivity index (χ4n) is 3.95. The van der Waals surface area contributed by atoms with Gasteiger partial charge in [0, 0.05) is 24.3 Å². The van der Waals surface area contributed by atoms with Crippen LogP contribution < -0.4 is 5.11 Å². The number of carboxylic acid groups (broad SMARTS) is 1. The smallest absolute Gasteiger partial charge is 0.230 e. The van der Waals surface area contributed by atoms with E-state index in [0.29, 0.717) is 6.54 Å². The largest absolute Gasteiger partial charge is 0.550 e. The van der Waals surface area contributed by atoms with Crippen molar-refractivity contribution in [1.29, 1.82) is 0 Å². The summed E-state index contributed by atoms with van der Waals surface area (Å²) in [6.07, 6.45) is 6.40. The summed E-state index contributed by atoms with van der Waals surface area (Å²) < 4.78 is 5.84. The average molecular weight is 299 g/mol. The first kappa shape index (κ1) is 13.5. The zero-order valence-electron chi connectivity index (χ0n) is 12.0. The summed E-state index contributed by atoms with van der Waals surface area (Å²) in [6.45, 7) is 2.30. The van der Waals surface area contributed by atoms with Crippen molar-refractivity contribution in [1.82, 2.24) is 9.88 Å². The number of likely N-dealkylation sites (tertiary alicyclic amines) is 1. The Bertz CT molecular complexity index is 674. The Balaban J connectivity index is 1.68. The van der Waals surface area contributed by atoms with Gasteiger partial charge in [0.2, 0.25) is 5.91 Å². The van der Waals surface area contributed by atoms with Crippen LogP contribution in [0.5, 0.6) is 0 Å². The summed E-state index contributed by atoms with van der Waals surface area (Å²) in [5.74, 6) is -2.97. The Labute approximate surface area is 127 Å². The van der Waals surface area contributed by atoms with Gasteiger partial charge in [-0.05, 0) is 24.6 Å². The standard InChI is InChI=1S/C16H16N2O4/c1-9(10-3-6-17-7-4-10)18-8-16-5-2-11(22-16)12(15(20)21)13(16)14(18)19/h2-7,9,11-13H,8H2,1H3,(H,20,21)/p-1/t9-,11+,12+,13-,16-/m1/s1. The number of ether oxygens (including phenoxy) is 1. The van der Waals surface area contributed by atoms with Crippen molar-refractivity contribution in [2.45, 2.75) is 24.7 Å². The molecule has 4 heterocycles. The number of carboxylic acids is 1. The third-order valence-corrected chi connectivity index (χ3v) is 5.06. The van der Waals surface area contributed by atoms with Gasteiger partial charge in [-0.1, -0.05) is 12.2 Å². The second-order valence-electron chi connectivity index (χ2n) is 6.14. The molecule has 1 aromatic heterocycles. The number of carbonyl (C=O) groups is 2. The molecule has 0 aliphatic carbocycles. The fraction of sp³-hybridized carbons (Fsp3) is 0.438.